The number of hydrogen-bond acceptors (Lipinski definition) is 1. The second kappa shape index (κ2) is 5.82. The monoisotopic (exact) mass is 173 g/mol. The van der Waals surface area contributed by atoms with E-state index in [1.807, 2.05) is 0 Å². The van der Waals surface area contributed by atoms with Crippen LogP contribution in [0.5, 0.6) is 0 Å². The Morgan fingerprint density at radius 3 is 1.14 bits per heavy atom. The molecule has 0 rings (SSSR count). The predicted octanol–water partition coefficient (Wildman–Crippen LogP) is -1.58. The van der Waals surface area contributed by atoms with Crippen LogP contribution >= 0.6 is 7.82 Å². The number of rotatable bonds is 0. The maximum Gasteiger partial charge on any atom is 0 e. The van der Waals surface area contributed by atoms with Gasteiger partial charge in [-0.1, -0.05) is 0 Å². The van der Waals surface area contributed by atoms with E-state index in [-0.39, 0.29) is 48.1 Å². The zero-order valence-electron chi connectivity index (χ0n) is 2.64. The quantitative estimate of drug-likeness (QED) is 0.305. The summed E-state index contributed by atoms with van der Waals surface area (Å²) in [6.45, 7) is 0. The van der Waals surface area contributed by atoms with Crippen LogP contribution in [0, 0.1) is 0 Å². The van der Waals surface area contributed by atoms with Gasteiger partial charge in [0.15, 0.2) is 0 Å². The summed E-state index contributed by atoms with van der Waals surface area (Å²) in [5, 5.41) is 0. The zero-order chi connectivity index (χ0) is 4.50. The van der Waals surface area contributed by atoms with E-state index in [4.69, 9.17) is 19.2 Å². The average molecular weight is 173 g/mol. The molecule has 7 heavy (non-hydrogen) atoms. The molecule has 0 aliphatic rings. The summed E-state index contributed by atoms with van der Waals surface area (Å²) in [5.41, 5.74) is 0. The van der Waals surface area contributed by atoms with Crippen LogP contribution < -0.4 is 0 Å². The Balaban J connectivity index is -0.0000000800. The summed E-state index contributed by atoms with van der Waals surface area (Å²) in [6.07, 6.45) is 0. The summed E-state index contributed by atoms with van der Waals surface area (Å²) < 4.78 is 8.88. The van der Waals surface area contributed by atoms with E-state index >= 15 is 0 Å². The molecule has 0 aliphatic carbocycles. The molecule has 0 heterocycles. The number of phosphoric acid groups is 1. The third kappa shape index (κ3) is 86.9. The molecule has 0 fully saturated rings. The minimum Gasteiger partial charge on any atom is 0 e. The fourth-order valence-electron chi connectivity index (χ4n) is 0. The molecule has 39 valence electrons. The second-order valence-corrected chi connectivity index (χ2v) is 1.54. The van der Waals surface area contributed by atoms with Gasteiger partial charge in [-0.2, -0.15) is 0 Å². The molecule has 3 N–H and O–H groups in total. The molecule has 0 bridgehead atoms. The molecule has 0 amide bonds. The number of hydrogen-bond donors (Lipinski definition) is 3. The molecule has 0 aromatic rings. The molecule has 0 aromatic carbocycles. The molecule has 4 nitrogen and oxygen atoms in total. The minimum absolute atomic E-state index is 0. The van der Waals surface area contributed by atoms with Crippen LogP contribution in [0.2, 0.25) is 0 Å². The molecule has 0 aliphatic heterocycles. The Hall–Kier alpha value is 1.69. The molecule has 7 heteroatoms. The van der Waals surface area contributed by atoms with Gasteiger partial charge in [0.2, 0.25) is 0 Å². The van der Waals surface area contributed by atoms with Crippen molar-refractivity contribution in [2.75, 3.05) is 0 Å². The van der Waals surface area contributed by atoms with Crippen molar-refractivity contribution in [2.45, 2.75) is 0 Å². The first kappa shape index (κ1) is 15.9. The van der Waals surface area contributed by atoms with Gasteiger partial charge in [-0.3, -0.25) is 0 Å². The van der Waals surface area contributed by atoms with Crippen LogP contribution in [-0.2, 0) is 23.1 Å². The van der Waals surface area contributed by atoms with Gasteiger partial charge in [0, 0.05) is 18.6 Å². The minimum atomic E-state index is -4.64. The Labute approximate surface area is 74.7 Å². The summed E-state index contributed by atoms with van der Waals surface area (Å²) in [6, 6.07) is 0. The zero-order valence-corrected chi connectivity index (χ0v) is 4.94. The Kier molecular flexibility index (Phi) is 13.2. The third-order valence-electron chi connectivity index (χ3n) is 0. The molecule has 0 saturated carbocycles. The molecule has 1 radical (unpaired) electrons. The van der Waals surface area contributed by atoms with Crippen molar-refractivity contribution in [1.82, 2.24) is 0 Å². The molecule has 0 unspecified atom stereocenters. The van der Waals surface area contributed by atoms with E-state index in [9.17, 15) is 0 Å². The Morgan fingerprint density at radius 2 is 1.14 bits per heavy atom. The maximum absolute atomic E-state index is 8.88. The van der Waals surface area contributed by atoms with Crippen molar-refractivity contribution in [3.63, 3.8) is 0 Å². The van der Waals surface area contributed by atoms with Crippen LogP contribution in [0.3, 0.4) is 0 Å². The maximum atomic E-state index is 8.88. The van der Waals surface area contributed by atoms with Gasteiger partial charge >= 0.3 is 37.4 Å². The van der Waals surface area contributed by atoms with Gasteiger partial charge in [-0.05, 0) is 0 Å². The smallest absolute Gasteiger partial charge is 0 e. The van der Waals surface area contributed by atoms with Crippen LogP contribution in [0.15, 0.2) is 0 Å². The standard InChI is InChI=1S/Na.H3O4P.V.H/c;1-5(2,3)4;;/h;(H3,1,2,3,4);;. The van der Waals surface area contributed by atoms with Gasteiger partial charge in [0.25, 0.3) is 0 Å². The van der Waals surface area contributed by atoms with Gasteiger partial charge in [-0.15, -0.1) is 0 Å². The summed E-state index contributed by atoms with van der Waals surface area (Å²) in [5.74, 6) is 0. The van der Waals surface area contributed by atoms with E-state index in [1.54, 1.807) is 0 Å². The van der Waals surface area contributed by atoms with Gasteiger partial charge in [-0.25, -0.2) is 4.57 Å². The van der Waals surface area contributed by atoms with Crippen molar-refractivity contribution < 1.29 is 37.8 Å². The van der Waals surface area contributed by atoms with Crippen LogP contribution in [0.4, 0.5) is 0 Å². The van der Waals surface area contributed by atoms with E-state index in [2.05, 4.69) is 0 Å². The van der Waals surface area contributed by atoms with E-state index in [0.717, 1.165) is 0 Å². The molecular formula is H4NaO4PV. The van der Waals surface area contributed by atoms with Crippen molar-refractivity contribution in [3.8, 4) is 0 Å². The van der Waals surface area contributed by atoms with Gasteiger partial charge < -0.3 is 14.7 Å². The molecule has 0 aromatic heterocycles. The molecule has 0 spiro atoms. The molecular weight excluding hydrogens is 169 g/mol. The van der Waals surface area contributed by atoms with E-state index in [0.29, 0.717) is 0 Å². The normalized spacial score (nSPS) is 8.43. The van der Waals surface area contributed by atoms with E-state index < -0.39 is 7.82 Å². The van der Waals surface area contributed by atoms with Crippen molar-refractivity contribution in [1.29, 1.82) is 0 Å². The molecule has 0 saturated heterocycles. The third-order valence-corrected chi connectivity index (χ3v) is 0. The first-order chi connectivity index (χ1) is 2.00. The van der Waals surface area contributed by atoms with Crippen LogP contribution in [0.1, 0.15) is 0 Å². The van der Waals surface area contributed by atoms with Gasteiger partial charge in [0.1, 0.15) is 0 Å². The summed E-state index contributed by atoms with van der Waals surface area (Å²) in [4.78, 5) is 21.6. The largest absolute Gasteiger partial charge is 0 e. The Bertz CT molecular complexity index is 57.8. The first-order valence-electron chi connectivity index (χ1n) is 0.783. The predicted molar refractivity (Wildman–Crippen MR) is 21.4 cm³/mol. The van der Waals surface area contributed by atoms with Crippen LogP contribution in [-0.4, -0.2) is 44.2 Å². The Morgan fingerprint density at radius 1 is 1.14 bits per heavy atom. The topological polar surface area (TPSA) is 77.8 Å². The SMILES string of the molecule is O=P(O)(O)O.[NaH].[V]. The van der Waals surface area contributed by atoms with Crippen molar-refractivity contribution >= 4 is 37.4 Å². The fourth-order valence-corrected chi connectivity index (χ4v) is 0. The first-order valence-corrected chi connectivity index (χ1v) is 2.35. The van der Waals surface area contributed by atoms with Crippen molar-refractivity contribution in [3.05, 3.63) is 0 Å². The fraction of sp³-hybridized carbons (Fsp3) is 0. The average Bonchev–Trinajstić information content (AvgIpc) is 0.722. The summed E-state index contributed by atoms with van der Waals surface area (Å²) >= 11 is 0. The molecule has 0 atom stereocenters. The summed E-state index contributed by atoms with van der Waals surface area (Å²) in [7, 11) is -4.64. The van der Waals surface area contributed by atoms with E-state index in [1.165, 1.54) is 0 Å². The second-order valence-electron chi connectivity index (χ2n) is 0.513. The van der Waals surface area contributed by atoms with Gasteiger partial charge in [0.05, 0.1) is 0 Å². The van der Waals surface area contributed by atoms with Crippen LogP contribution in [0.25, 0.3) is 0 Å². The van der Waals surface area contributed by atoms with Crippen molar-refractivity contribution in [2.24, 2.45) is 0 Å².